The van der Waals surface area contributed by atoms with Crippen LogP contribution < -0.4 is 10.9 Å². The molecule has 0 aliphatic carbocycles. The summed E-state index contributed by atoms with van der Waals surface area (Å²) in [5, 5.41) is 7.88. The lowest BCUT2D eigenvalue weighted by Gasteiger charge is -2.09. The Morgan fingerprint density at radius 2 is 2.11 bits per heavy atom. The van der Waals surface area contributed by atoms with Crippen molar-refractivity contribution in [1.82, 2.24) is 15.1 Å². The average Bonchev–Trinajstić information content (AvgIpc) is 2.45. The predicted molar refractivity (Wildman–Crippen MR) is 74.2 cm³/mol. The van der Waals surface area contributed by atoms with Gasteiger partial charge in [-0.05, 0) is 13.0 Å². The molecule has 98 valence electrons. The van der Waals surface area contributed by atoms with E-state index < -0.39 is 0 Å². The minimum absolute atomic E-state index is 0.182. The highest BCUT2D eigenvalue weighted by molar-refractivity contribution is 6.04. The third-order valence-electron chi connectivity index (χ3n) is 2.79. The number of fused-ring (bicyclic) bond motifs is 1. The van der Waals surface area contributed by atoms with Crippen molar-refractivity contribution in [3.63, 3.8) is 0 Å². The van der Waals surface area contributed by atoms with Crippen LogP contribution in [0.5, 0.6) is 0 Å². The van der Waals surface area contributed by atoms with Gasteiger partial charge < -0.3 is 5.32 Å². The topological polar surface area (TPSA) is 64.0 Å². The number of carbonyl (C=O) groups excluding carboxylic acids is 1. The van der Waals surface area contributed by atoms with Crippen LogP contribution in [0.3, 0.4) is 0 Å². The van der Waals surface area contributed by atoms with Gasteiger partial charge in [-0.25, -0.2) is 4.68 Å². The minimum Gasteiger partial charge on any atom is -0.347 e. The first-order chi connectivity index (χ1) is 9.19. The van der Waals surface area contributed by atoms with E-state index in [9.17, 15) is 9.59 Å². The van der Waals surface area contributed by atoms with E-state index in [4.69, 9.17) is 0 Å². The van der Waals surface area contributed by atoms with Crippen LogP contribution in [-0.4, -0.2) is 22.2 Å². The molecule has 0 unspecified atom stereocenters. The summed E-state index contributed by atoms with van der Waals surface area (Å²) >= 11 is 0. The fraction of sp³-hybridized carbons (Fsp3) is 0.214. The molecular formula is C14H15N3O2. The number of hydrogen-bond donors (Lipinski definition) is 1. The molecule has 0 spiro atoms. The molecule has 2 aromatic rings. The highest BCUT2D eigenvalue weighted by atomic mass is 16.2. The average molecular weight is 257 g/mol. The summed E-state index contributed by atoms with van der Waals surface area (Å²) in [4.78, 5) is 24.2. The summed E-state index contributed by atoms with van der Waals surface area (Å²) in [7, 11) is 0. The number of aryl methyl sites for hydroxylation is 1. The van der Waals surface area contributed by atoms with E-state index >= 15 is 0 Å². The Morgan fingerprint density at radius 1 is 1.42 bits per heavy atom. The van der Waals surface area contributed by atoms with Crippen molar-refractivity contribution in [2.24, 2.45) is 0 Å². The second-order valence-corrected chi connectivity index (χ2v) is 4.01. The van der Waals surface area contributed by atoms with E-state index in [0.717, 1.165) is 0 Å². The summed E-state index contributed by atoms with van der Waals surface area (Å²) in [6.07, 6.45) is 1.59. The highest BCUT2D eigenvalue weighted by Gasteiger charge is 2.15. The van der Waals surface area contributed by atoms with Gasteiger partial charge in [0, 0.05) is 18.5 Å². The molecule has 19 heavy (non-hydrogen) atoms. The van der Waals surface area contributed by atoms with E-state index in [-0.39, 0.29) is 17.2 Å². The van der Waals surface area contributed by atoms with Crippen LogP contribution in [0.15, 0.2) is 41.7 Å². The van der Waals surface area contributed by atoms with Crippen LogP contribution in [0.2, 0.25) is 0 Å². The van der Waals surface area contributed by atoms with E-state index in [1.54, 1.807) is 30.3 Å². The van der Waals surface area contributed by atoms with E-state index in [0.29, 0.717) is 23.9 Å². The summed E-state index contributed by atoms with van der Waals surface area (Å²) in [5.74, 6) is -0.307. The van der Waals surface area contributed by atoms with Gasteiger partial charge in [-0.2, -0.15) is 5.10 Å². The molecule has 0 aliphatic heterocycles. The number of hydrogen-bond acceptors (Lipinski definition) is 3. The molecule has 0 bridgehead atoms. The maximum Gasteiger partial charge on any atom is 0.274 e. The van der Waals surface area contributed by atoms with Crippen LogP contribution in [0.4, 0.5) is 0 Å². The van der Waals surface area contributed by atoms with Gasteiger partial charge in [-0.3, -0.25) is 9.59 Å². The van der Waals surface area contributed by atoms with Crippen LogP contribution in [0.25, 0.3) is 10.8 Å². The number of aromatic nitrogens is 2. The monoisotopic (exact) mass is 257 g/mol. The number of nitrogens with one attached hydrogen (secondary N) is 1. The van der Waals surface area contributed by atoms with Gasteiger partial charge in [-0.1, -0.05) is 24.3 Å². The van der Waals surface area contributed by atoms with Gasteiger partial charge in [0.25, 0.3) is 11.5 Å². The highest BCUT2D eigenvalue weighted by Crippen LogP contribution is 2.12. The molecule has 1 amide bonds. The van der Waals surface area contributed by atoms with Crippen molar-refractivity contribution in [2.45, 2.75) is 13.5 Å². The van der Waals surface area contributed by atoms with Gasteiger partial charge in [0.2, 0.25) is 0 Å². The Hall–Kier alpha value is -2.43. The number of rotatable bonds is 4. The number of carbonyl (C=O) groups is 1. The second-order valence-electron chi connectivity index (χ2n) is 4.01. The SMILES string of the molecule is C=CCNC(=O)c1nn(CC)c(=O)c2ccccc12. The molecule has 1 heterocycles. The molecule has 0 fully saturated rings. The molecule has 2 rings (SSSR count). The maximum absolute atomic E-state index is 12.1. The lowest BCUT2D eigenvalue weighted by atomic mass is 10.1. The zero-order valence-corrected chi connectivity index (χ0v) is 10.7. The number of nitrogens with zero attached hydrogens (tertiary/aromatic N) is 2. The Labute approximate surface area is 110 Å². The molecular weight excluding hydrogens is 242 g/mol. The Kier molecular flexibility index (Phi) is 3.75. The Balaban J connectivity index is 2.66. The first-order valence-electron chi connectivity index (χ1n) is 6.08. The van der Waals surface area contributed by atoms with Crippen molar-refractivity contribution in [2.75, 3.05) is 6.54 Å². The van der Waals surface area contributed by atoms with Crippen molar-refractivity contribution in [3.05, 3.63) is 53.0 Å². The van der Waals surface area contributed by atoms with E-state index in [1.165, 1.54) is 4.68 Å². The zero-order valence-electron chi connectivity index (χ0n) is 10.7. The van der Waals surface area contributed by atoms with Gasteiger partial charge in [-0.15, -0.1) is 6.58 Å². The number of amides is 1. The van der Waals surface area contributed by atoms with Crippen molar-refractivity contribution in [3.8, 4) is 0 Å². The van der Waals surface area contributed by atoms with Crippen LogP contribution in [-0.2, 0) is 6.54 Å². The van der Waals surface area contributed by atoms with Gasteiger partial charge in [0.15, 0.2) is 5.69 Å². The van der Waals surface area contributed by atoms with Crippen LogP contribution in [0.1, 0.15) is 17.4 Å². The lowest BCUT2D eigenvalue weighted by molar-refractivity contribution is 0.0952. The third kappa shape index (κ3) is 2.40. The predicted octanol–water partition coefficient (Wildman–Crippen LogP) is 1.33. The van der Waals surface area contributed by atoms with Crippen molar-refractivity contribution in [1.29, 1.82) is 0 Å². The van der Waals surface area contributed by atoms with E-state index in [1.807, 2.05) is 6.92 Å². The fourth-order valence-electron chi connectivity index (χ4n) is 1.87. The normalized spacial score (nSPS) is 10.4. The van der Waals surface area contributed by atoms with E-state index in [2.05, 4.69) is 17.0 Å². The summed E-state index contributed by atoms with van der Waals surface area (Å²) in [6, 6.07) is 6.99. The molecule has 0 saturated carbocycles. The van der Waals surface area contributed by atoms with Crippen molar-refractivity contribution < 1.29 is 4.79 Å². The fourth-order valence-corrected chi connectivity index (χ4v) is 1.87. The zero-order chi connectivity index (χ0) is 13.8. The van der Waals surface area contributed by atoms with Crippen LogP contribution >= 0.6 is 0 Å². The second kappa shape index (κ2) is 5.48. The molecule has 5 heteroatoms. The van der Waals surface area contributed by atoms with Gasteiger partial charge >= 0.3 is 0 Å². The largest absolute Gasteiger partial charge is 0.347 e. The molecule has 1 aromatic carbocycles. The first kappa shape index (κ1) is 13.0. The molecule has 5 nitrogen and oxygen atoms in total. The molecule has 0 radical (unpaired) electrons. The molecule has 0 aliphatic rings. The standard InChI is InChI=1S/C14H15N3O2/c1-3-9-15-13(18)12-10-7-5-6-8-11(10)14(19)17(4-2)16-12/h3,5-8H,1,4,9H2,2H3,(H,15,18). The first-order valence-corrected chi connectivity index (χ1v) is 6.08. The molecule has 0 saturated heterocycles. The summed E-state index contributed by atoms with van der Waals surface area (Å²) in [6.45, 7) is 6.14. The van der Waals surface area contributed by atoms with Gasteiger partial charge in [0.1, 0.15) is 0 Å². The Morgan fingerprint density at radius 3 is 2.74 bits per heavy atom. The third-order valence-corrected chi connectivity index (χ3v) is 2.79. The molecule has 1 N–H and O–H groups in total. The van der Waals surface area contributed by atoms with Crippen molar-refractivity contribution >= 4 is 16.7 Å². The summed E-state index contributed by atoms with van der Waals surface area (Å²) < 4.78 is 1.30. The minimum atomic E-state index is -0.307. The van der Waals surface area contributed by atoms with Crippen LogP contribution in [0, 0.1) is 0 Å². The summed E-state index contributed by atoms with van der Waals surface area (Å²) in [5.41, 5.74) is 0.0808. The molecule has 1 aromatic heterocycles. The number of benzene rings is 1. The quantitative estimate of drug-likeness (QED) is 0.840. The molecule has 0 atom stereocenters. The Bertz CT molecular complexity index is 689. The lowest BCUT2D eigenvalue weighted by Crippen LogP contribution is -2.30. The maximum atomic E-state index is 12.1. The smallest absolute Gasteiger partial charge is 0.274 e. The van der Waals surface area contributed by atoms with Gasteiger partial charge in [0.05, 0.1) is 5.39 Å².